The van der Waals surface area contributed by atoms with E-state index in [1.807, 2.05) is 31.3 Å². The monoisotopic (exact) mass is 334 g/mol. The summed E-state index contributed by atoms with van der Waals surface area (Å²) in [6.07, 6.45) is 4.10. The van der Waals surface area contributed by atoms with E-state index in [0.717, 1.165) is 35.4 Å². The molecule has 3 heterocycles. The molecule has 0 saturated carbocycles. The number of pyridine rings is 1. The number of hydrogen-bond donors (Lipinski definition) is 1. The smallest absolute Gasteiger partial charge is 0.154 e. The van der Waals surface area contributed by atoms with Crippen molar-refractivity contribution in [1.82, 2.24) is 15.2 Å². The number of β-amino-alcohol motifs (C(OH)–C–C–N with tert-alkyl or cyclic N) is 1. The summed E-state index contributed by atoms with van der Waals surface area (Å²) in [7, 11) is 0. The van der Waals surface area contributed by atoms with E-state index in [4.69, 9.17) is 0 Å². The predicted octanol–water partition coefficient (Wildman–Crippen LogP) is 2.68. The maximum atomic E-state index is 10.6. The van der Waals surface area contributed by atoms with Crippen molar-refractivity contribution in [3.63, 3.8) is 0 Å². The van der Waals surface area contributed by atoms with Crippen molar-refractivity contribution in [2.45, 2.75) is 26.4 Å². The number of rotatable bonds is 3. The summed E-state index contributed by atoms with van der Waals surface area (Å²) in [5, 5.41) is 20.2. The molecule has 0 unspecified atom stereocenters. The van der Waals surface area contributed by atoms with Crippen molar-refractivity contribution < 1.29 is 5.11 Å². The van der Waals surface area contributed by atoms with Crippen LogP contribution in [0.5, 0.6) is 0 Å². The van der Waals surface area contributed by atoms with E-state index in [-0.39, 0.29) is 12.0 Å². The van der Waals surface area contributed by atoms with Gasteiger partial charge in [-0.2, -0.15) is 5.10 Å². The number of hydrogen-bond acceptors (Lipinski definition) is 5. The van der Waals surface area contributed by atoms with Crippen LogP contribution in [0.3, 0.4) is 0 Å². The van der Waals surface area contributed by atoms with Crippen LogP contribution < -0.4 is 4.90 Å². The van der Waals surface area contributed by atoms with Crippen molar-refractivity contribution in [1.29, 1.82) is 0 Å². The number of benzene rings is 1. The van der Waals surface area contributed by atoms with Crippen molar-refractivity contribution >= 4 is 16.7 Å². The third-order valence-electron chi connectivity index (χ3n) is 5.26. The topological polar surface area (TPSA) is 62.1 Å². The number of nitrogens with zero attached hydrogens (tertiary/aromatic N) is 4. The lowest BCUT2D eigenvalue weighted by atomic mass is 9.94. The summed E-state index contributed by atoms with van der Waals surface area (Å²) in [6.45, 7) is 5.50. The van der Waals surface area contributed by atoms with Crippen LogP contribution >= 0.6 is 0 Å². The first-order valence-corrected chi connectivity index (χ1v) is 8.68. The fraction of sp³-hybridized carbons (Fsp3) is 0.350. The van der Waals surface area contributed by atoms with Crippen LogP contribution in [0.2, 0.25) is 0 Å². The van der Waals surface area contributed by atoms with Crippen LogP contribution in [0.25, 0.3) is 10.9 Å². The van der Waals surface area contributed by atoms with Gasteiger partial charge in [-0.25, -0.2) is 0 Å². The molecule has 1 N–H and O–H groups in total. The molecule has 0 amide bonds. The lowest BCUT2D eigenvalue weighted by molar-refractivity contribution is 0.148. The predicted molar refractivity (Wildman–Crippen MR) is 98.7 cm³/mol. The maximum absolute atomic E-state index is 10.6. The van der Waals surface area contributed by atoms with Crippen molar-refractivity contribution in [3.8, 4) is 0 Å². The van der Waals surface area contributed by atoms with Crippen LogP contribution in [-0.4, -0.2) is 39.5 Å². The highest BCUT2D eigenvalue weighted by molar-refractivity contribution is 5.81. The SMILES string of the molecule is Cc1cnnc(N2C[C@@H](Cc3ccnc4ccccc34)[C@H](O)C2)c1C. The summed E-state index contributed by atoms with van der Waals surface area (Å²) < 4.78 is 0. The Morgan fingerprint density at radius 1 is 1.16 bits per heavy atom. The molecule has 1 aliphatic rings. The van der Waals surface area contributed by atoms with Gasteiger partial charge in [-0.15, -0.1) is 5.10 Å². The van der Waals surface area contributed by atoms with Crippen LogP contribution in [0, 0.1) is 19.8 Å². The Bertz CT molecular complexity index is 906. The minimum Gasteiger partial charge on any atom is -0.391 e. The maximum Gasteiger partial charge on any atom is 0.154 e. The summed E-state index contributed by atoms with van der Waals surface area (Å²) >= 11 is 0. The molecule has 3 aromatic rings. The molecule has 0 bridgehead atoms. The highest BCUT2D eigenvalue weighted by atomic mass is 16.3. The highest BCUT2D eigenvalue weighted by Gasteiger charge is 2.33. The average molecular weight is 334 g/mol. The Morgan fingerprint density at radius 3 is 2.88 bits per heavy atom. The van der Waals surface area contributed by atoms with Gasteiger partial charge in [0.2, 0.25) is 0 Å². The molecule has 2 aromatic heterocycles. The first-order chi connectivity index (χ1) is 12.1. The molecular formula is C20H22N4O. The van der Waals surface area contributed by atoms with Gasteiger partial charge in [0.25, 0.3) is 0 Å². The molecule has 4 rings (SSSR count). The Hall–Kier alpha value is -2.53. The van der Waals surface area contributed by atoms with Gasteiger partial charge in [-0.3, -0.25) is 4.98 Å². The number of para-hydroxylation sites is 1. The quantitative estimate of drug-likeness (QED) is 0.798. The van der Waals surface area contributed by atoms with E-state index in [1.165, 1.54) is 10.9 Å². The minimum atomic E-state index is -0.367. The summed E-state index contributed by atoms with van der Waals surface area (Å²) in [5.41, 5.74) is 4.51. The van der Waals surface area contributed by atoms with E-state index >= 15 is 0 Å². The van der Waals surface area contributed by atoms with Gasteiger partial charge in [0.1, 0.15) is 0 Å². The highest BCUT2D eigenvalue weighted by Crippen LogP contribution is 2.29. The van der Waals surface area contributed by atoms with E-state index in [1.54, 1.807) is 6.20 Å². The molecular weight excluding hydrogens is 312 g/mol. The van der Waals surface area contributed by atoms with E-state index in [2.05, 4.69) is 39.1 Å². The van der Waals surface area contributed by atoms with Gasteiger partial charge in [-0.1, -0.05) is 18.2 Å². The fourth-order valence-electron chi connectivity index (χ4n) is 3.66. The minimum absolute atomic E-state index is 0.174. The molecule has 1 fully saturated rings. The van der Waals surface area contributed by atoms with Crippen LogP contribution in [-0.2, 0) is 6.42 Å². The van der Waals surface area contributed by atoms with E-state index in [9.17, 15) is 5.11 Å². The standard InChI is InChI=1S/C20H22N4O/c1-13-10-22-23-20(14(13)2)24-11-16(19(25)12-24)9-15-7-8-21-18-6-4-3-5-17(15)18/h3-8,10,16,19,25H,9,11-12H2,1-2H3/t16-,19-/m1/s1. The fourth-order valence-corrected chi connectivity index (χ4v) is 3.66. The number of aryl methyl sites for hydroxylation is 1. The average Bonchev–Trinajstić information content (AvgIpc) is 2.98. The summed E-state index contributed by atoms with van der Waals surface area (Å²) in [4.78, 5) is 6.59. The second kappa shape index (κ2) is 6.41. The number of aliphatic hydroxyl groups is 1. The van der Waals surface area contributed by atoms with Gasteiger partial charge in [0, 0.05) is 30.6 Å². The third-order valence-corrected chi connectivity index (χ3v) is 5.26. The van der Waals surface area contributed by atoms with Gasteiger partial charge in [0.15, 0.2) is 5.82 Å². The molecule has 1 aromatic carbocycles. The molecule has 25 heavy (non-hydrogen) atoms. The normalized spacial score (nSPS) is 20.4. The summed E-state index contributed by atoms with van der Waals surface area (Å²) in [5.74, 6) is 1.06. The number of aliphatic hydroxyl groups excluding tert-OH is 1. The molecule has 0 spiro atoms. The Balaban J connectivity index is 1.59. The second-order valence-corrected chi connectivity index (χ2v) is 6.90. The van der Waals surface area contributed by atoms with Crippen molar-refractivity contribution in [2.24, 2.45) is 5.92 Å². The van der Waals surface area contributed by atoms with Crippen molar-refractivity contribution in [2.75, 3.05) is 18.0 Å². The number of anilines is 1. The molecule has 5 heteroatoms. The van der Waals surface area contributed by atoms with Gasteiger partial charge in [-0.05, 0) is 49.1 Å². The molecule has 128 valence electrons. The van der Waals surface area contributed by atoms with Gasteiger partial charge < -0.3 is 10.0 Å². The molecule has 0 radical (unpaired) electrons. The van der Waals surface area contributed by atoms with Crippen molar-refractivity contribution in [3.05, 3.63) is 59.4 Å². The molecule has 2 atom stereocenters. The van der Waals surface area contributed by atoms with E-state index in [0.29, 0.717) is 6.54 Å². The zero-order valence-electron chi connectivity index (χ0n) is 14.6. The Kier molecular flexibility index (Phi) is 4.09. The molecule has 0 aliphatic carbocycles. The number of aromatic nitrogens is 3. The lowest BCUT2D eigenvalue weighted by Crippen LogP contribution is -2.23. The van der Waals surface area contributed by atoms with Crippen LogP contribution in [0.15, 0.2) is 42.7 Å². The van der Waals surface area contributed by atoms with Crippen LogP contribution in [0.1, 0.15) is 16.7 Å². The lowest BCUT2D eigenvalue weighted by Gasteiger charge is -2.19. The molecule has 5 nitrogen and oxygen atoms in total. The largest absolute Gasteiger partial charge is 0.391 e. The summed E-state index contributed by atoms with van der Waals surface area (Å²) in [6, 6.07) is 10.2. The third kappa shape index (κ3) is 2.96. The molecule has 1 aliphatic heterocycles. The first kappa shape index (κ1) is 16.0. The first-order valence-electron chi connectivity index (χ1n) is 8.68. The zero-order valence-corrected chi connectivity index (χ0v) is 14.6. The van der Waals surface area contributed by atoms with Gasteiger partial charge >= 0.3 is 0 Å². The van der Waals surface area contributed by atoms with Gasteiger partial charge in [0.05, 0.1) is 17.8 Å². The Labute approximate surface area is 147 Å². The second-order valence-electron chi connectivity index (χ2n) is 6.90. The zero-order chi connectivity index (χ0) is 17.4. The van der Waals surface area contributed by atoms with E-state index < -0.39 is 0 Å². The molecule has 1 saturated heterocycles. The Morgan fingerprint density at radius 2 is 2.00 bits per heavy atom. The number of fused-ring (bicyclic) bond motifs is 1. The van der Waals surface area contributed by atoms with Crippen LogP contribution in [0.4, 0.5) is 5.82 Å².